The Morgan fingerprint density at radius 3 is 2.27 bits per heavy atom. The lowest BCUT2D eigenvalue weighted by atomic mass is 9.87. The summed E-state index contributed by atoms with van der Waals surface area (Å²) in [5.41, 5.74) is 5.81. The van der Waals surface area contributed by atoms with Gasteiger partial charge in [0.1, 0.15) is 5.75 Å². The van der Waals surface area contributed by atoms with Gasteiger partial charge in [0.05, 0.1) is 5.71 Å². The van der Waals surface area contributed by atoms with Crippen LogP contribution in [0.15, 0.2) is 59.7 Å². The lowest BCUT2D eigenvalue weighted by Gasteiger charge is -2.19. The van der Waals surface area contributed by atoms with E-state index in [0.29, 0.717) is 5.75 Å². The molecule has 0 saturated carbocycles. The topological polar surface area (TPSA) is 50.7 Å². The number of hydrazone groups is 1. The average Bonchev–Trinajstić information content (AvgIpc) is 2.63. The summed E-state index contributed by atoms with van der Waals surface area (Å²) >= 11 is 0. The molecule has 0 radical (unpaired) electrons. The maximum atomic E-state index is 12.0. The average molecular weight is 352 g/mol. The van der Waals surface area contributed by atoms with E-state index in [4.69, 9.17) is 4.74 Å². The van der Waals surface area contributed by atoms with Gasteiger partial charge in [-0.1, -0.05) is 76.6 Å². The van der Waals surface area contributed by atoms with Crippen molar-refractivity contribution in [2.75, 3.05) is 6.61 Å². The first-order valence-corrected chi connectivity index (χ1v) is 9.04. The van der Waals surface area contributed by atoms with Gasteiger partial charge in [0.15, 0.2) is 6.61 Å². The second-order valence-corrected chi connectivity index (χ2v) is 7.27. The minimum Gasteiger partial charge on any atom is -0.484 e. The quantitative estimate of drug-likeness (QED) is 0.581. The van der Waals surface area contributed by atoms with E-state index in [1.165, 1.54) is 5.56 Å². The zero-order valence-corrected chi connectivity index (χ0v) is 16.1. The van der Waals surface area contributed by atoms with Crippen LogP contribution in [0.25, 0.3) is 0 Å². The highest BCUT2D eigenvalue weighted by atomic mass is 16.5. The Morgan fingerprint density at radius 2 is 1.69 bits per heavy atom. The molecule has 2 rings (SSSR count). The van der Waals surface area contributed by atoms with Crippen molar-refractivity contribution in [3.05, 3.63) is 65.7 Å². The Balaban J connectivity index is 1.91. The molecular formula is C22H28N2O2. The van der Waals surface area contributed by atoms with Crippen molar-refractivity contribution in [3.63, 3.8) is 0 Å². The minimum absolute atomic E-state index is 0.0629. The van der Waals surface area contributed by atoms with Gasteiger partial charge in [0.2, 0.25) is 0 Å². The van der Waals surface area contributed by atoms with Crippen molar-refractivity contribution in [1.29, 1.82) is 0 Å². The van der Waals surface area contributed by atoms with Crippen molar-refractivity contribution >= 4 is 11.6 Å². The molecule has 0 bridgehead atoms. The summed E-state index contributed by atoms with van der Waals surface area (Å²) < 4.78 is 5.55. The third-order valence-corrected chi connectivity index (χ3v) is 4.00. The number of carbonyl (C=O) groups is 1. The lowest BCUT2D eigenvalue weighted by molar-refractivity contribution is -0.123. The van der Waals surface area contributed by atoms with Crippen molar-refractivity contribution in [2.24, 2.45) is 5.10 Å². The Kier molecular flexibility index (Phi) is 6.96. The molecule has 0 spiro atoms. The molecule has 0 atom stereocenters. The monoisotopic (exact) mass is 352 g/mol. The number of rotatable bonds is 7. The Hall–Kier alpha value is -2.62. The molecular weight excluding hydrogens is 324 g/mol. The molecule has 26 heavy (non-hydrogen) atoms. The molecule has 4 heteroatoms. The molecule has 1 N–H and O–H groups in total. The van der Waals surface area contributed by atoms with Crippen LogP contribution >= 0.6 is 0 Å². The number of nitrogens with one attached hydrogen (secondary N) is 1. The van der Waals surface area contributed by atoms with Crippen LogP contribution < -0.4 is 10.2 Å². The largest absolute Gasteiger partial charge is 0.484 e. The summed E-state index contributed by atoms with van der Waals surface area (Å²) in [6, 6.07) is 17.7. The summed E-state index contributed by atoms with van der Waals surface area (Å²) in [7, 11) is 0. The number of amides is 1. The first kappa shape index (κ1) is 19.7. The summed E-state index contributed by atoms with van der Waals surface area (Å²) in [4.78, 5) is 12.0. The predicted octanol–water partition coefficient (Wildman–Crippen LogP) is 4.68. The van der Waals surface area contributed by atoms with Crippen LogP contribution in [-0.2, 0) is 10.2 Å². The fourth-order valence-electron chi connectivity index (χ4n) is 2.49. The van der Waals surface area contributed by atoms with Gasteiger partial charge in [-0.15, -0.1) is 0 Å². The highest BCUT2D eigenvalue weighted by molar-refractivity contribution is 6.01. The van der Waals surface area contributed by atoms with Gasteiger partial charge in [0, 0.05) is 0 Å². The number of hydrogen-bond donors (Lipinski definition) is 1. The fraction of sp³-hybridized carbons (Fsp3) is 0.364. The summed E-state index contributed by atoms with van der Waals surface area (Å²) in [5, 5.41) is 4.28. The maximum absolute atomic E-state index is 12.0. The van der Waals surface area contributed by atoms with E-state index in [2.05, 4.69) is 38.2 Å². The van der Waals surface area contributed by atoms with Crippen LogP contribution in [0.2, 0.25) is 0 Å². The molecule has 0 aliphatic carbocycles. The van der Waals surface area contributed by atoms with Crippen molar-refractivity contribution < 1.29 is 9.53 Å². The Morgan fingerprint density at radius 1 is 1.04 bits per heavy atom. The van der Waals surface area contributed by atoms with Crippen LogP contribution in [0.3, 0.4) is 0 Å². The third-order valence-electron chi connectivity index (χ3n) is 4.00. The van der Waals surface area contributed by atoms with Crippen LogP contribution in [0.5, 0.6) is 5.75 Å². The summed E-state index contributed by atoms with van der Waals surface area (Å²) in [6.45, 7) is 8.51. The summed E-state index contributed by atoms with van der Waals surface area (Å²) in [6.07, 6.45) is 1.76. The first-order chi connectivity index (χ1) is 12.4. The molecule has 138 valence electrons. The molecule has 0 aliphatic heterocycles. The zero-order valence-electron chi connectivity index (χ0n) is 16.1. The maximum Gasteiger partial charge on any atom is 0.277 e. The smallest absolute Gasteiger partial charge is 0.277 e. The molecule has 0 fully saturated rings. The van der Waals surface area contributed by atoms with Gasteiger partial charge in [-0.2, -0.15) is 5.10 Å². The molecule has 0 unspecified atom stereocenters. The van der Waals surface area contributed by atoms with Crippen molar-refractivity contribution in [2.45, 2.75) is 46.0 Å². The van der Waals surface area contributed by atoms with Gasteiger partial charge in [0.25, 0.3) is 5.91 Å². The Labute approximate surface area is 156 Å². The normalized spacial score (nSPS) is 11.9. The number of hydrogen-bond acceptors (Lipinski definition) is 3. The molecule has 2 aromatic carbocycles. The molecule has 0 aliphatic rings. The van der Waals surface area contributed by atoms with E-state index in [0.717, 1.165) is 24.1 Å². The van der Waals surface area contributed by atoms with E-state index < -0.39 is 0 Å². The van der Waals surface area contributed by atoms with Gasteiger partial charge < -0.3 is 4.74 Å². The number of carbonyl (C=O) groups excluding carboxylic acids is 1. The molecule has 0 heterocycles. The van der Waals surface area contributed by atoms with Gasteiger partial charge in [-0.25, -0.2) is 5.43 Å². The molecule has 0 aromatic heterocycles. The predicted molar refractivity (Wildman–Crippen MR) is 107 cm³/mol. The van der Waals surface area contributed by atoms with Crippen molar-refractivity contribution in [3.8, 4) is 5.75 Å². The number of nitrogens with zero attached hydrogens (tertiary/aromatic N) is 1. The van der Waals surface area contributed by atoms with E-state index in [-0.39, 0.29) is 17.9 Å². The molecule has 0 saturated heterocycles. The van der Waals surface area contributed by atoms with Crippen LogP contribution in [-0.4, -0.2) is 18.2 Å². The zero-order chi connectivity index (χ0) is 19.0. The van der Waals surface area contributed by atoms with Gasteiger partial charge in [-0.3, -0.25) is 4.79 Å². The van der Waals surface area contributed by atoms with E-state index in [9.17, 15) is 4.79 Å². The van der Waals surface area contributed by atoms with Gasteiger partial charge >= 0.3 is 0 Å². The van der Waals surface area contributed by atoms with Crippen molar-refractivity contribution in [1.82, 2.24) is 5.43 Å². The van der Waals surface area contributed by atoms with E-state index in [1.54, 1.807) is 0 Å². The fourth-order valence-corrected chi connectivity index (χ4v) is 2.49. The number of ether oxygens (including phenoxy) is 1. The highest BCUT2D eigenvalue weighted by Gasteiger charge is 2.13. The summed E-state index contributed by atoms with van der Waals surface area (Å²) in [5.74, 6) is 0.406. The number of benzene rings is 2. The molecule has 2 aromatic rings. The SMILES string of the molecule is CCCC(=NNC(=O)COc1ccc(C(C)(C)C)cc1)c1ccccc1. The van der Waals surface area contributed by atoms with Crippen LogP contribution in [0.1, 0.15) is 51.7 Å². The van der Waals surface area contributed by atoms with Gasteiger partial charge in [-0.05, 0) is 35.1 Å². The first-order valence-electron chi connectivity index (χ1n) is 9.04. The molecule has 4 nitrogen and oxygen atoms in total. The van der Waals surface area contributed by atoms with Crippen LogP contribution in [0, 0.1) is 0 Å². The lowest BCUT2D eigenvalue weighted by Crippen LogP contribution is -2.26. The van der Waals surface area contributed by atoms with E-state index >= 15 is 0 Å². The van der Waals surface area contributed by atoms with Crippen LogP contribution in [0.4, 0.5) is 0 Å². The minimum atomic E-state index is -0.269. The standard InChI is InChI=1S/C22H28N2O2/c1-5-9-20(17-10-7-6-8-11-17)23-24-21(25)16-26-19-14-12-18(13-15-19)22(2,3)4/h6-8,10-15H,5,9,16H2,1-4H3,(H,24,25). The highest BCUT2D eigenvalue weighted by Crippen LogP contribution is 2.24. The van der Waals surface area contributed by atoms with E-state index in [1.807, 2.05) is 54.6 Å². The Bertz CT molecular complexity index is 729. The third kappa shape index (κ3) is 6.03. The second-order valence-electron chi connectivity index (χ2n) is 7.27. The second kappa shape index (κ2) is 9.18. The molecule has 1 amide bonds.